The van der Waals surface area contributed by atoms with Crippen molar-refractivity contribution in [1.82, 2.24) is 0 Å². The lowest BCUT2D eigenvalue weighted by molar-refractivity contribution is -0.158. The zero-order chi connectivity index (χ0) is 15.2. The van der Waals surface area contributed by atoms with Crippen LogP contribution in [0.3, 0.4) is 0 Å². The Bertz CT molecular complexity index is 591. The summed E-state index contributed by atoms with van der Waals surface area (Å²) in [6.45, 7) is 2.79. The number of hydrogen-bond donors (Lipinski definition) is 0. The second-order valence-corrected chi connectivity index (χ2v) is 7.24. The lowest BCUT2D eigenvalue weighted by Gasteiger charge is -2.57. The average Bonchev–Trinajstić information content (AvgIpc) is 2.57. The Morgan fingerprint density at radius 1 is 1.23 bits per heavy atom. The summed E-state index contributed by atoms with van der Waals surface area (Å²) in [4.78, 5) is 12.5. The fourth-order valence-corrected chi connectivity index (χ4v) is 5.10. The molecule has 2 nitrogen and oxygen atoms in total. The number of fused-ring (bicyclic) bond motifs is 1. The molecule has 0 radical (unpaired) electrons. The molecule has 22 heavy (non-hydrogen) atoms. The molecule has 0 N–H and O–H groups in total. The highest BCUT2D eigenvalue weighted by atomic mass is 16.5. The molecule has 2 fully saturated rings. The third kappa shape index (κ3) is 2.00. The van der Waals surface area contributed by atoms with Crippen LogP contribution in [0.2, 0.25) is 0 Å². The molecule has 4 aliphatic carbocycles. The minimum absolute atomic E-state index is 0.0428. The Kier molecular flexibility index (Phi) is 3.45. The molecular weight excluding hydrogens is 272 g/mol. The Hall–Kier alpha value is -1.41. The molecule has 5 atom stereocenters. The molecule has 4 aliphatic rings. The van der Waals surface area contributed by atoms with Crippen LogP contribution in [0.25, 0.3) is 0 Å². The molecule has 2 heteroatoms. The molecule has 1 unspecified atom stereocenters. The summed E-state index contributed by atoms with van der Waals surface area (Å²) >= 11 is 0. The minimum atomic E-state index is -0.0428. The number of ether oxygens (including phenoxy) is 1. The van der Waals surface area contributed by atoms with Gasteiger partial charge in [-0.3, -0.25) is 4.79 Å². The van der Waals surface area contributed by atoms with E-state index in [0.29, 0.717) is 18.3 Å². The first-order valence-electron chi connectivity index (χ1n) is 8.60. The van der Waals surface area contributed by atoms with Crippen LogP contribution in [0.15, 0.2) is 42.5 Å². The van der Waals surface area contributed by atoms with Crippen molar-refractivity contribution in [1.29, 1.82) is 0 Å². The van der Waals surface area contributed by atoms with Gasteiger partial charge < -0.3 is 4.74 Å². The summed E-state index contributed by atoms with van der Waals surface area (Å²) in [6, 6.07) is 10.4. The molecule has 1 aromatic carbocycles. The Morgan fingerprint density at radius 2 is 2.05 bits per heavy atom. The number of Topliss-reactive ketones (excluding diaryl/α,β-unsaturated/α-hetero) is 1. The van der Waals surface area contributed by atoms with Crippen molar-refractivity contribution in [2.75, 3.05) is 0 Å². The first-order chi connectivity index (χ1) is 10.7. The molecule has 0 saturated heterocycles. The molecule has 1 spiro atoms. The van der Waals surface area contributed by atoms with Gasteiger partial charge in [0.1, 0.15) is 5.78 Å². The van der Waals surface area contributed by atoms with Gasteiger partial charge in [-0.1, -0.05) is 55.8 Å². The normalized spacial score (nSPS) is 39.8. The van der Waals surface area contributed by atoms with Crippen molar-refractivity contribution in [2.45, 2.75) is 45.3 Å². The van der Waals surface area contributed by atoms with Crippen molar-refractivity contribution in [3.63, 3.8) is 0 Å². The molecule has 2 bridgehead atoms. The Morgan fingerprint density at radius 3 is 2.86 bits per heavy atom. The summed E-state index contributed by atoms with van der Waals surface area (Å²) in [6.07, 6.45) is 9.32. The highest BCUT2D eigenvalue weighted by molar-refractivity contribution is 5.88. The Labute approximate surface area is 132 Å². The molecule has 0 aliphatic heterocycles. The van der Waals surface area contributed by atoms with E-state index in [1.54, 1.807) is 0 Å². The molecule has 116 valence electrons. The van der Waals surface area contributed by atoms with E-state index in [-0.39, 0.29) is 23.4 Å². The maximum atomic E-state index is 12.5. The molecule has 5 rings (SSSR count). The lowest BCUT2D eigenvalue weighted by atomic mass is 9.48. The summed E-state index contributed by atoms with van der Waals surface area (Å²) in [5, 5.41) is 0. The molecule has 0 amide bonds. The van der Waals surface area contributed by atoms with Gasteiger partial charge in [-0.25, -0.2) is 0 Å². The highest BCUT2D eigenvalue weighted by Gasteiger charge is 2.58. The van der Waals surface area contributed by atoms with E-state index in [2.05, 4.69) is 43.3 Å². The van der Waals surface area contributed by atoms with Gasteiger partial charge in [0.25, 0.3) is 0 Å². The van der Waals surface area contributed by atoms with Crippen molar-refractivity contribution >= 4 is 5.78 Å². The standard InChI is InChI=1S/C20H24O2/c1-14-19(21)16-10-11-20(14)17(12-16)8-5-9-18(20)22-13-15-6-3-2-4-7-15/h2-4,6-7,10-11,14,16-18H,5,8-9,12-13H2,1H3/t14?,16-,17+,18-,20+/m0/s1. The summed E-state index contributed by atoms with van der Waals surface area (Å²) in [5.74, 6) is 1.36. The van der Waals surface area contributed by atoms with E-state index in [1.165, 1.54) is 18.4 Å². The van der Waals surface area contributed by atoms with Crippen LogP contribution in [0.4, 0.5) is 0 Å². The second-order valence-electron chi connectivity index (χ2n) is 7.24. The number of ketones is 1. The maximum Gasteiger partial charge on any atom is 0.143 e. The van der Waals surface area contributed by atoms with Crippen LogP contribution in [0.1, 0.15) is 38.2 Å². The topological polar surface area (TPSA) is 26.3 Å². The first kappa shape index (κ1) is 14.2. The third-order valence-electron chi connectivity index (χ3n) is 6.28. The van der Waals surface area contributed by atoms with E-state index in [0.717, 1.165) is 12.8 Å². The Balaban J connectivity index is 1.60. The minimum Gasteiger partial charge on any atom is -0.373 e. The van der Waals surface area contributed by atoms with Crippen LogP contribution in [0, 0.1) is 23.2 Å². The quantitative estimate of drug-likeness (QED) is 0.783. The van der Waals surface area contributed by atoms with E-state index in [4.69, 9.17) is 4.74 Å². The van der Waals surface area contributed by atoms with E-state index >= 15 is 0 Å². The molecule has 2 saturated carbocycles. The second kappa shape index (κ2) is 5.34. The smallest absolute Gasteiger partial charge is 0.143 e. The monoisotopic (exact) mass is 296 g/mol. The fraction of sp³-hybridized carbons (Fsp3) is 0.550. The number of hydrogen-bond acceptors (Lipinski definition) is 2. The lowest BCUT2D eigenvalue weighted by Crippen LogP contribution is -2.58. The van der Waals surface area contributed by atoms with Gasteiger partial charge in [-0.15, -0.1) is 0 Å². The molecular formula is C20H24O2. The van der Waals surface area contributed by atoms with Gasteiger partial charge in [0, 0.05) is 17.3 Å². The van der Waals surface area contributed by atoms with E-state index in [9.17, 15) is 4.79 Å². The van der Waals surface area contributed by atoms with Crippen LogP contribution in [-0.4, -0.2) is 11.9 Å². The summed E-state index contributed by atoms with van der Waals surface area (Å²) in [5.41, 5.74) is 1.17. The molecule has 0 heterocycles. The van der Waals surface area contributed by atoms with Gasteiger partial charge in [0.2, 0.25) is 0 Å². The maximum absolute atomic E-state index is 12.5. The van der Waals surface area contributed by atoms with Crippen molar-refractivity contribution in [3.05, 3.63) is 48.0 Å². The zero-order valence-electron chi connectivity index (χ0n) is 13.2. The predicted molar refractivity (Wildman–Crippen MR) is 86.2 cm³/mol. The number of carbonyl (C=O) groups is 1. The van der Waals surface area contributed by atoms with E-state index < -0.39 is 0 Å². The van der Waals surface area contributed by atoms with E-state index in [1.807, 2.05) is 6.07 Å². The van der Waals surface area contributed by atoms with Gasteiger partial charge >= 0.3 is 0 Å². The largest absolute Gasteiger partial charge is 0.373 e. The summed E-state index contributed by atoms with van der Waals surface area (Å²) in [7, 11) is 0. The zero-order valence-corrected chi connectivity index (χ0v) is 13.2. The highest BCUT2D eigenvalue weighted by Crippen LogP contribution is 2.58. The number of allylic oxidation sites excluding steroid dienone is 1. The van der Waals surface area contributed by atoms with Gasteiger partial charge in [0.15, 0.2) is 0 Å². The van der Waals surface area contributed by atoms with Crippen LogP contribution < -0.4 is 0 Å². The van der Waals surface area contributed by atoms with Gasteiger partial charge in [-0.05, 0) is 30.7 Å². The van der Waals surface area contributed by atoms with Crippen molar-refractivity contribution in [2.24, 2.45) is 23.2 Å². The van der Waals surface area contributed by atoms with Crippen LogP contribution in [0.5, 0.6) is 0 Å². The van der Waals surface area contributed by atoms with Crippen LogP contribution in [-0.2, 0) is 16.1 Å². The first-order valence-corrected chi connectivity index (χ1v) is 8.60. The third-order valence-corrected chi connectivity index (χ3v) is 6.28. The average molecular weight is 296 g/mol. The molecule has 0 aromatic heterocycles. The SMILES string of the molecule is CC1C(=O)[C@H]2C=C[C@]13[C@H](CCC[C@@H]3OCc1ccccc1)C2. The predicted octanol–water partition coefficient (Wildman–Crippen LogP) is 4.15. The summed E-state index contributed by atoms with van der Waals surface area (Å²) < 4.78 is 6.37. The van der Waals surface area contributed by atoms with Crippen LogP contribution >= 0.6 is 0 Å². The van der Waals surface area contributed by atoms with Crippen molar-refractivity contribution in [3.8, 4) is 0 Å². The number of rotatable bonds is 3. The number of benzene rings is 1. The van der Waals surface area contributed by atoms with Gasteiger partial charge in [-0.2, -0.15) is 0 Å². The fourth-order valence-electron chi connectivity index (χ4n) is 5.10. The van der Waals surface area contributed by atoms with Gasteiger partial charge in [0.05, 0.1) is 12.7 Å². The number of carbonyl (C=O) groups excluding carboxylic acids is 1. The van der Waals surface area contributed by atoms with Crippen molar-refractivity contribution < 1.29 is 9.53 Å². The molecule has 1 aromatic rings.